The third-order valence-electron chi connectivity index (χ3n) is 5.01. The fourth-order valence-electron chi connectivity index (χ4n) is 3.97. The summed E-state index contributed by atoms with van der Waals surface area (Å²) in [7, 11) is 1.44. The van der Waals surface area contributed by atoms with Crippen molar-refractivity contribution >= 4 is 17.5 Å². The van der Waals surface area contributed by atoms with Crippen LogP contribution in [-0.2, 0) is 9.53 Å². The van der Waals surface area contributed by atoms with E-state index in [1.54, 1.807) is 0 Å². The zero-order chi connectivity index (χ0) is 15.9. The molecule has 0 radical (unpaired) electrons. The fourth-order valence-corrected chi connectivity index (χ4v) is 3.97. The van der Waals surface area contributed by atoms with E-state index in [1.807, 2.05) is 6.92 Å². The van der Waals surface area contributed by atoms with E-state index in [0.29, 0.717) is 6.54 Å². The number of aromatic nitrogens is 1. The highest BCUT2D eigenvalue weighted by Gasteiger charge is 2.55. The van der Waals surface area contributed by atoms with E-state index >= 15 is 0 Å². The van der Waals surface area contributed by atoms with E-state index in [0.717, 1.165) is 37.2 Å². The third kappa shape index (κ3) is 2.12. The molecule has 1 saturated heterocycles. The lowest BCUT2D eigenvalue weighted by atomic mass is 9.81. The van der Waals surface area contributed by atoms with Crippen LogP contribution in [0.25, 0.3) is 0 Å². The van der Waals surface area contributed by atoms with Gasteiger partial charge in [-0.05, 0) is 31.2 Å². The first-order valence-electron chi connectivity index (χ1n) is 7.42. The Kier molecular flexibility index (Phi) is 3.50. The first kappa shape index (κ1) is 14.7. The fraction of sp³-hybridized carbons (Fsp3) is 0.600. The molecule has 3 rings (SSSR count). The molecule has 0 aromatic carbocycles. The minimum atomic E-state index is -0.446. The number of hydrogen-bond acceptors (Lipinski definition) is 6. The van der Waals surface area contributed by atoms with Crippen molar-refractivity contribution in [1.82, 2.24) is 4.98 Å². The number of anilines is 1. The van der Waals surface area contributed by atoms with Gasteiger partial charge in [0.1, 0.15) is 12.0 Å². The van der Waals surface area contributed by atoms with Gasteiger partial charge in [-0.2, -0.15) is 0 Å². The van der Waals surface area contributed by atoms with E-state index in [2.05, 4.69) is 9.88 Å². The molecule has 1 aromatic heterocycles. The van der Waals surface area contributed by atoms with Crippen molar-refractivity contribution in [2.75, 3.05) is 25.1 Å². The second-order valence-electron chi connectivity index (χ2n) is 6.21. The van der Waals surface area contributed by atoms with Crippen LogP contribution in [0, 0.1) is 28.4 Å². The summed E-state index contributed by atoms with van der Waals surface area (Å²) >= 11 is 0. The second-order valence-corrected chi connectivity index (χ2v) is 6.21. The number of fused-ring (bicyclic) bond motifs is 1. The molecule has 22 heavy (non-hydrogen) atoms. The lowest BCUT2D eigenvalue weighted by Crippen LogP contribution is -2.37. The van der Waals surface area contributed by atoms with Gasteiger partial charge >= 0.3 is 5.97 Å². The van der Waals surface area contributed by atoms with Gasteiger partial charge in [0.2, 0.25) is 0 Å². The maximum Gasteiger partial charge on any atom is 0.313 e. The Morgan fingerprint density at radius 2 is 2.36 bits per heavy atom. The molecule has 1 aliphatic heterocycles. The quantitative estimate of drug-likeness (QED) is 0.483. The number of rotatable bonds is 3. The molecule has 2 atom stereocenters. The van der Waals surface area contributed by atoms with Gasteiger partial charge in [-0.15, -0.1) is 0 Å². The lowest BCUT2D eigenvalue weighted by Gasteiger charge is -2.26. The van der Waals surface area contributed by atoms with E-state index < -0.39 is 10.3 Å². The second kappa shape index (κ2) is 5.23. The van der Waals surface area contributed by atoms with Gasteiger partial charge in [0, 0.05) is 19.2 Å². The van der Waals surface area contributed by atoms with Gasteiger partial charge in [-0.3, -0.25) is 14.9 Å². The molecule has 2 heterocycles. The molecule has 2 fully saturated rings. The normalized spacial score (nSPS) is 26.8. The molecule has 2 unspecified atom stereocenters. The summed E-state index contributed by atoms with van der Waals surface area (Å²) in [6.07, 6.45) is 4.17. The van der Waals surface area contributed by atoms with Crippen LogP contribution in [0.2, 0.25) is 0 Å². The smallest absolute Gasteiger partial charge is 0.313 e. The number of pyridine rings is 1. The molecule has 118 valence electrons. The van der Waals surface area contributed by atoms with Crippen LogP contribution in [-0.4, -0.2) is 36.1 Å². The molecule has 0 N–H and O–H groups in total. The Labute approximate surface area is 128 Å². The van der Waals surface area contributed by atoms with Crippen LogP contribution >= 0.6 is 0 Å². The van der Waals surface area contributed by atoms with E-state index in [4.69, 9.17) is 4.74 Å². The summed E-state index contributed by atoms with van der Waals surface area (Å²) in [4.78, 5) is 29.0. The Bertz CT molecular complexity index is 633. The highest BCUT2D eigenvalue weighted by Crippen LogP contribution is 2.50. The first-order valence-corrected chi connectivity index (χ1v) is 7.42. The van der Waals surface area contributed by atoms with Crippen LogP contribution in [0.5, 0.6) is 0 Å². The van der Waals surface area contributed by atoms with Crippen LogP contribution in [0.15, 0.2) is 12.3 Å². The minimum absolute atomic E-state index is 0.0108. The number of esters is 1. The van der Waals surface area contributed by atoms with Crippen LogP contribution in [0.1, 0.15) is 24.8 Å². The summed E-state index contributed by atoms with van der Waals surface area (Å²) in [5.74, 6) is 0.858. The standard InChI is InChI=1S/C15H19N3O4/c1-10-6-12(18(20)21)7-16-13(10)17-8-11-4-3-5-15(11,9-17)14(19)22-2/h6-7,11H,3-5,8-9H2,1-2H3. The Hall–Kier alpha value is -2.18. The topological polar surface area (TPSA) is 85.6 Å². The number of ether oxygens (including phenoxy) is 1. The summed E-state index contributed by atoms with van der Waals surface area (Å²) in [5, 5.41) is 10.8. The van der Waals surface area contributed by atoms with Gasteiger partial charge in [-0.25, -0.2) is 4.98 Å². The molecule has 7 heteroatoms. The average Bonchev–Trinajstić information content (AvgIpc) is 3.03. The predicted molar refractivity (Wildman–Crippen MR) is 79.6 cm³/mol. The molecule has 1 aromatic rings. The number of carbonyl (C=O) groups is 1. The van der Waals surface area contributed by atoms with Gasteiger partial charge in [0.05, 0.1) is 17.4 Å². The van der Waals surface area contributed by atoms with Crippen molar-refractivity contribution in [3.8, 4) is 0 Å². The molecule has 2 aliphatic rings. The zero-order valence-corrected chi connectivity index (χ0v) is 12.7. The predicted octanol–water partition coefficient (Wildman–Crippen LogP) is 2.08. The van der Waals surface area contributed by atoms with Gasteiger partial charge < -0.3 is 9.64 Å². The number of aryl methyl sites for hydroxylation is 1. The summed E-state index contributed by atoms with van der Waals surface area (Å²) in [6, 6.07) is 1.53. The van der Waals surface area contributed by atoms with Crippen molar-refractivity contribution in [3.05, 3.63) is 27.9 Å². The molecular formula is C15H19N3O4. The van der Waals surface area contributed by atoms with Gasteiger partial charge in [0.15, 0.2) is 0 Å². The third-order valence-corrected chi connectivity index (χ3v) is 5.01. The van der Waals surface area contributed by atoms with Crippen molar-refractivity contribution in [2.24, 2.45) is 11.3 Å². The van der Waals surface area contributed by atoms with Gasteiger partial charge in [0.25, 0.3) is 5.69 Å². The Balaban J connectivity index is 1.89. The molecular weight excluding hydrogens is 286 g/mol. The van der Waals surface area contributed by atoms with Crippen LogP contribution < -0.4 is 4.90 Å². The average molecular weight is 305 g/mol. The Morgan fingerprint density at radius 1 is 1.59 bits per heavy atom. The Morgan fingerprint density at radius 3 is 3.00 bits per heavy atom. The molecule has 0 bridgehead atoms. The van der Waals surface area contributed by atoms with E-state index in [9.17, 15) is 14.9 Å². The van der Waals surface area contributed by atoms with E-state index in [1.165, 1.54) is 19.4 Å². The molecule has 1 saturated carbocycles. The number of nitrogens with zero attached hydrogens (tertiary/aromatic N) is 3. The highest BCUT2D eigenvalue weighted by molar-refractivity contribution is 5.79. The lowest BCUT2D eigenvalue weighted by molar-refractivity contribution is -0.385. The monoisotopic (exact) mass is 305 g/mol. The van der Waals surface area contributed by atoms with Gasteiger partial charge in [-0.1, -0.05) is 6.42 Å². The number of nitro groups is 1. The SMILES string of the molecule is COC(=O)C12CCCC1CN(c1ncc([N+](=O)[O-])cc1C)C2. The highest BCUT2D eigenvalue weighted by atomic mass is 16.6. The van der Waals surface area contributed by atoms with Crippen molar-refractivity contribution in [2.45, 2.75) is 26.2 Å². The van der Waals surface area contributed by atoms with Crippen LogP contribution in [0.3, 0.4) is 0 Å². The van der Waals surface area contributed by atoms with Crippen molar-refractivity contribution in [1.29, 1.82) is 0 Å². The summed E-state index contributed by atoms with van der Waals surface area (Å²) in [6.45, 7) is 3.14. The van der Waals surface area contributed by atoms with Crippen molar-refractivity contribution < 1.29 is 14.5 Å². The largest absolute Gasteiger partial charge is 0.469 e. The molecule has 0 amide bonds. The molecule has 1 aliphatic carbocycles. The first-order chi connectivity index (χ1) is 10.5. The number of methoxy groups -OCH3 is 1. The number of hydrogen-bond donors (Lipinski definition) is 0. The minimum Gasteiger partial charge on any atom is -0.469 e. The summed E-state index contributed by atoms with van der Waals surface area (Å²) < 4.78 is 5.03. The maximum atomic E-state index is 12.3. The zero-order valence-electron chi connectivity index (χ0n) is 12.7. The van der Waals surface area contributed by atoms with E-state index in [-0.39, 0.29) is 17.6 Å². The molecule has 0 spiro atoms. The maximum absolute atomic E-state index is 12.3. The van der Waals surface area contributed by atoms with Crippen LogP contribution in [0.4, 0.5) is 11.5 Å². The van der Waals surface area contributed by atoms with Crippen molar-refractivity contribution in [3.63, 3.8) is 0 Å². The summed E-state index contributed by atoms with van der Waals surface area (Å²) in [5.41, 5.74) is 0.308. The molecule has 7 nitrogen and oxygen atoms in total. The number of carbonyl (C=O) groups excluding carboxylic acids is 1.